The molecule has 0 aliphatic carbocycles. The lowest BCUT2D eigenvalue weighted by Crippen LogP contribution is -2.40. The molecule has 1 atom stereocenters. The molecule has 0 aliphatic rings. The van der Waals surface area contributed by atoms with Crippen LogP contribution in [0.3, 0.4) is 0 Å². The van der Waals surface area contributed by atoms with Crippen molar-refractivity contribution in [2.24, 2.45) is 5.92 Å². The minimum atomic E-state index is -0.175. The summed E-state index contributed by atoms with van der Waals surface area (Å²) < 4.78 is 4.78. The van der Waals surface area contributed by atoms with E-state index in [1.807, 2.05) is 6.92 Å². The van der Waals surface area contributed by atoms with E-state index in [4.69, 9.17) is 4.74 Å². The molecule has 4 heteroatoms. The Morgan fingerprint density at radius 1 is 1.29 bits per heavy atom. The van der Waals surface area contributed by atoms with Crippen LogP contribution in [0.2, 0.25) is 0 Å². The third-order valence-electron chi connectivity index (χ3n) is 2.82. The number of carbonyl (C=O) groups is 1. The Kier molecular flexibility index (Phi) is 9.09. The van der Waals surface area contributed by atoms with Gasteiger partial charge in [0.25, 0.3) is 0 Å². The standard InChI is InChI=1S/C13H28N2O2/c1-6-14-12(13(16)17-5)8-10-15(4)9-7-11(2)3/h11-12,14H,6-10H2,1-5H3. The molecule has 1 N–H and O–H groups in total. The Hall–Kier alpha value is -0.610. The summed E-state index contributed by atoms with van der Waals surface area (Å²) in [5.41, 5.74) is 0. The second-order valence-electron chi connectivity index (χ2n) is 4.91. The van der Waals surface area contributed by atoms with E-state index in [-0.39, 0.29) is 12.0 Å². The highest BCUT2D eigenvalue weighted by atomic mass is 16.5. The van der Waals surface area contributed by atoms with Gasteiger partial charge >= 0.3 is 5.97 Å². The number of ether oxygens (including phenoxy) is 1. The molecular formula is C13H28N2O2. The summed E-state index contributed by atoms with van der Waals surface area (Å²) in [4.78, 5) is 13.7. The number of hydrogen-bond acceptors (Lipinski definition) is 4. The number of nitrogens with zero attached hydrogens (tertiary/aromatic N) is 1. The molecule has 0 aromatic heterocycles. The fraction of sp³-hybridized carbons (Fsp3) is 0.923. The van der Waals surface area contributed by atoms with Gasteiger partial charge in [-0.1, -0.05) is 20.8 Å². The smallest absolute Gasteiger partial charge is 0.322 e. The van der Waals surface area contributed by atoms with Gasteiger partial charge in [0.15, 0.2) is 0 Å². The Morgan fingerprint density at radius 3 is 2.35 bits per heavy atom. The Balaban J connectivity index is 3.90. The predicted octanol–water partition coefficient (Wildman–Crippen LogP) is 1.51. The average Bonchev–Trinajstić information content (AvgIpc) is 2.30. The molecule has 0 aliphatic heterocycles. The fourth-order valence-electron chi connectivity index (χ4n) is 1.63. The number of methoxy groups -OCH3 is 1. The molecule has 0 saturated heterocycles. The van der Waals surface area contributed by atoms with E-state index in [1.54, 1.807) is 0 Å². The van der Waals surface area contributed by atoms with Gasteiger partial charge in [-0.05, 0) is 45.4 Å². The molecule has 1 unspecified atom stereocenters. The van der Waals surface area contributed by atoms with Crippen molar-refractivity contribution in [2.75, 3.05) is 33.8 Å². The van der Waals surface area contributed by atoms with Gasteiger partial charge in [-0.3, -0.25) is 4.79 Å². The third kappa shape index (κ3) is 8.16. The maximum absolute atomic E-state index is 11.5. The van der Waals surface area contributed by atoms with Gasteiger partial charge in [-0.25, -0.2) is 0 Å². The van der Waals surface area contributed by atoms with E-state index in [9.17, 15) is 4.79 Å². The zero-order chi connectivity index (χ0) is 13.3. The molecular weight excluding hydrogens is 216 g/mol. The van der Waals surface area contributed by atoms with E-state index < -0.39 is 0 Å². The van der Waals surface area contributed by atoms with Crippen molar-refractivity contribution in [3.63, 3.8) is 0 Å². The van der Waals surface area contributed by atoms with E-state index in [0.717, 1.165) is 32.0 Å². The summed E-state index contributed by atoms with van der Waals surface area (Å²) in [5.74, 6) is 0.562. The minimum absolute atomic E-state index is 0.163. The second-order valence-corrected chi connectivity index (χ2v) is 4.91. The summed E-state index contributed by atoms with van der Waals surface area (Å²) >= 11 is 0. The Labute approximate surface area is 106 Å². The van der Waals surface area contributed by atoms with Gasteiger partial charge in [-0.2, -0.15) is 0 Å². The van der Waals surface area contributed by atoms with Crippen molar-refractivity contribution < 1.29 is 9.53 Å². The molecule has 17 heavy (non-hydrogen) atoms. The van der Waals surface area contributed by atoms with Crippen molar-refractivity contribution in [1.82, 2.24) is 10.2 Å². The van der Waals surface area contributed by atoms with Crippen molar-refractivity contribution in [3.8, 4) is 0 Å². The van der Waals surface area contributed by atoms with Gasteiger partial charge in [0.1, 0.15) is 6.04 Å². The van der Waals surface area contributed by atoms with Crippen molar-refractivity contribution in [1.29, 1.82) is 0 Å². The lowest BCUT2D eigenvalue weighted by atomic mass is 10.1. The number of carbonyl (C=O) groups excluding carboxylic acids is 1. The van der Waals surface area contributed by atoms with Crippen LogP contribution >= 0.6 is 0 Å². The van der Waals surface area contributed by atoms with Crippen LogP contribution in [0.25, 0.3) is 0 Å². The van der Waals surface area contributed by atoms with Gasteiger partial charge < -0.3 is 15.0 Å². The largest absolute Gasteiger partial charge is 0.468 e. The summed E-state index contributed by atoms with van der Waals surface area (Å²) in [5, 5.41) is 3.15. The predicted molar refractivity (Wildman–Crippen MR) is 71.0 cm³/mol. The fourth-order valence-corrected chi connectivity index (χ4v) is 1.63. The van der Waals surface area contributed by atoms with Crippen molar-refractivity contribution >= 4 is 5.97 Å². The Bertz CT molecular complexity index is 208. The van der Waals surface area contributed by atoms with Crippen LogP contribution in [0.4, 0.5) is 0 Å². The summed E-state index contributed by atoms with van der Waals surface area (Å²) in [7, 11) is 3.54. The highest BCUT2D eigenvalue weighted by molar-refractivity contribution is 5.75. The van der Waals surface area contributed by atoms with E-state index in [0.29, 0.717) is 0 Å². The molecule has 0 heterocycles. The molecule has 0 aromatic rings. The zero-order valence-corrected chi connectivity index (χ0v) is 12.0. The van der Waals surface area contributed by atoms with Crippen LogP contribution in [0.15, 0.2) is 0 Å². The van der Waals surface area contributed by atoms with Crippen LogP contribution in [-0.4, -0.2) is 50.7 Å². The third-order valence-corrected chi connectivity index (χ3v) is 2.82. The molecule has 4 nitrogen and oxygen atoms in total. The number of esters is 1. The van der Waals surface area contributed by atoms with Gasteiger partial charge in [0.05, 0.1) is 7.11 Å². The van der Waals surface area contributed by atoms with Gasteiger partial charge in [0.2, 0.25) is 0 Å². The minimum Gasteiger partial charge on any atom is -0.468 e. The van der Waals surface area contributed by atoms with Crippen LogP contribution in [0.1, 0.15) is 33.6 Å². The first-order chi connectivity index (χ1) is 8.01. The van der Waals surface area contributed by atoms with Crippen LogP contribution in [0.5, 0.6) is 0 Å². The van der Waals surface area contributed by atoms with E-state index in [2.05, 4.69) is 31.1 Å². The number of likely N-dealkylation sites (N-methyl/N-ethyl adjacent to an activating group) is 1. The molecule has 102 valence electrons. The SMILES string of the molecule is CCNC(CCN(C)CCC(C)C)C(=O)OC. The maximum Gasteiger partial charge on any atom is 0.322 e. The summed E-state index contributed by atoms with van der Waals surface area (Å²) in [6.45, 7) is 9.23. The second kappa shape index (κ2) is 9.42. The highest BCUT2D eigenvalue weighted by Gasteiger charge is 2.17. The Morgan fingerprint density at radius 2 is 1.88 bits per heavy atom. The first-order valence-corrected chi connectivity index (χ1v) is 6.51. The van der Waals surface area contributed by atoms with Crippen molar-refractivity contribution in [3.05, 3.63) is 0 Å². The van der Waals surface area contributed by atoms with Crippen molar-refractivity contribution in [2.45, 2.75) is 39.7 Å². The quantitative estimate of drug-likeness (QED) is 0.624. The highest BCUT2D eigenvalue weighted by Crippen LogP contribution is 2.03. The number of rotatable bonds is 9. The molecule has 0 radical (unpaired) electrons. The van der Waals surface area contributed by atoms with Crippen LogP contribution < -0.4 is 5.32 Å². The normalized spacial score (nSPS) is 13.1. The van der Waals surface area contributed by atoms with Gasteiger partial charge in [0, 0.05) is 0 Å². The molecule has 0 saturated carbocycles. The topological polar surface area (TPSA) is 41.6 Å². The van der Waals surface area contributed by atoms with Gasteiger partial charge in [-0.15, -0.1) is 0 Å². The molecule has 0 spiro atoms. The molecule has 0 bridgehead atoms. The monoisotopic (exact) mass is 244 g/mol. The first kappa shape index (κ1) is 16.4. The summed E-state index contributed by atoms with van der Waals surface area (Å²) in [6.07, 6.45) is 2.00. The van der Waals surface area contributed by atoms with E-state index >= 15 is 0 Å². The lowest BCUT2D eigenvalue weighted by Gasteiger charge is -2.21. The molecule has 0 aromatic carbocycles. The van der Waals surface area contributed by atoms with Crippen LogP contribution in [-0.2, 0) is 9.53 Å². The number of nitrogens with one attached hydrogen (secondary N) is 1. The number of hydrogen-bond donors (Lipinski definition) is 1. The van der Waals surface area contributed by atoms with E-state index in [1.165, 1.54) is 13.5 Å². The lowest BCUT2D eigenvalue weighted by molar-refractivity contribution is -0.143. The summed E-state index contributed by atoms with van der Waals surface area (Å²) in [6, 6.07) is -0.175. The molecule has 0 rings (SSSR count). The first-order valence-electron chi connectivity index (χ1n) is 6.51. The molecule has 0 amide bonds. The molecule has 0 fully saturated rings. The zero-order valence-electron chi connectivity index (χ0n) is 12.0. The van der Waals surface area contributed by atoms with Crippen LogP contribution in [0, 0.1) is 5.92 Å². The maximum atomic E-state index is 11.5. The average molecular weight is 244 g/mol.